The fourth-order valence-electron chi connectivity index (χ4n) is 6.95. The summed E-state index contributed by atoms with van der Waals surface area (Å²) in [6, 6.07) is 2.57. The molecule has 0 amide bonds. The molecule has 0 saturated heterocycles. The SMILES string of the molecule is CCCCCCCCCCCCCCCc1cc(CCCCCCCCCCCCCCC)c[n+](CCCCCCCC)c1. The maximum absolute atomic E-state index is 2.57. The van der Waals surface area contributed by atoms with E-state index in [1.54, 1.807) is 11.1 Å². The summed E-state index contributed by atoms with van der Waals surface area (Å²) in [5.41, 5.74) is 3.21. The van der Waals surface area contributed by atoms with Crippen LogP contribution in [0.4, 0.5) is 0 Å². The molecule has 0 aliphatic heterocycles. The highest BCUT2D eigenvalue weighted by Gasteiger charge is 2.09. The van der Waals surface area contributed by atoms with Crippen LogP contribution in [0.2, 0.25) is 0 Å². The molecule has 1 heteroatoms. The van der Waals surface area contributed by atoms with Crippen LogP contribution in [0, 0.1) is 0 Å². The number of pyridine rings is 1. The first-order chi connectivity index (χ1) is 21.8. The van der Waals surface area contributed by atoms with Gasteiger partial charge in [-0.25, -0.2) is 4.57 Å². The molecule has 0 spiro atoms. The second-order valence-electron chi connectivity index (χ2n) is 14.5. The first-order valence-electron chi connectivity index (χ1n) is 20.8. The van der Waals surface area contributed by atoms with E-state index in [-0.39, 0.29) is 0 Å². The van der Waals surface area contributed by atoms with Crippen molar-refractivity contribution in [1.29, 1.82) is 0 Å². The average molecular weight is 613 g/mol. The van der Waals surface area contributed by atoms with Gasteiger partial charge in [0.2, 0.25) is 0 Å². The third kappa shape index (κ3) is 27.5. The van der Waals surface area contributed by atoms with Gasteiger partial charge in [0.15, 0.2) is 12.4 Å². The van der Waals surface area contributed by atoms with E-state index in [0.717, 1.165) is 0 Å². The van der Waals surface area contributed by atoms with Crippen LogP contribution in [0.15, 0.2) is 18.5 Å². The van der Waals surface area contributed by atoms with Crippen LogP contribution in [0.1, 0.15) is 237 Å². The van der Waals surface area contributed by atoms with Gasteiger partial charge < -0.3 is 0 Å². The van der Waals surface area contributed by atoms with E-state index in [2.05, 4.69) is 43.8 Å². The second-order valence-corrected chi connectivity index (χ2v) is 14.5. The van der Waals surface area contributed by atoms with Gasteiger partial charge in [-0.15, -0.1) is 0 Å². The molecular formula is C43H82N+. The zero-order valence-electron chi connectivity index (χ0n) is 30.9. The van der Waals surface area contributed by atoms with Crippen molar-refractivity contribution in [3.05, 3.63) is 29.6 Å². The van der Waals surface area contributed by atoms with Gasteiger partial charge in [0.25, 0.3) is 0 Å². The molecule has 1 aromatic heterocycles. The molecule has 0 bridgehead atoms. The van der Waals surface area contributed by atoms with Gasteiger partial charge >= 0.3 is 0 Å². The standard InChI is InChI=1S/C43H82N/c1-4-7-10-13-16-18-20-22-24-26-28-30-33-36-42-39-43(41-44(40-42)38-35-32-15-12-9-6-3)37-34-31-29-27-25-23-21-19-17-14-11-8-5-2/h39-41H,4-38H2,1-3H3/q+1. The Morgan fingerprint density at radius 2 is 0.568 bits per heavy atom. The highest BCUT2D eigenvalue weighted by Crippen LogP contribution is 2.16. The number of nitrogens with zero attached hydrogens (tertiary/aromatic N) is 1. The molecule has 258 valence electrons. The van der Waals surface area contributed by atoms with E-state index in [4.69, 9.17) is 0 Å². The van der Waals surface area contributed by atoms with Crippen LogP contribution >= 0.6 is 0 Å². The van der Waals surface area contributed by atoms with E-state index in [9.17, 15) is 0 Å². The highest BCUT2D eigenvalue weighted by atomic mass is 14.9. The number of hydrogen-bond acceptors (Lipinski definition) is 0. The van der Waals surface area contributed by atoms with Crippen molar-refractivity contribution in [3.63, 3.8) is 0 Å². The van der Waals surface area contributed by atoms with E-state index in [1.165, 1.54) is 225 Å². The lowest BCUT2D eigenvalue weighted by Gasteiger charge is -2.07. The fourth-order valence-corrected chi connectivity index (χ4v) is 6.95. The lowest BCUT2D eigenvalue weighted by molar-refractivity contribution is -0.698. The predicted octanol–water partition coefficient (Wildman–Crippen LogP) is 14.6. The first kappa shape index (κ1) is 41.2. The summed E-state index contributed by atoms with van der Waals surface area (Å²) >= 11 is 0. The fraction of sp³-hybridized carbons (Fsp3) is 0.884. The summed E-state index contributed by atoms with van der Waals surface area (Å²) in [6.07, 6.45) is 53.3. The first-order valence-corrected chi connectivity index (χ1v) is 20.8. The van der Waals surface area contributed by atoms with Crippen molar-refractivity contribution in [3.8, 4) is 0 Å². The number of aromatic nitrogens is 1. The summed E-state index contributed by atoms with van der Waals surface area (Å²) in [5, 5.41) is 0. The van der Waals surface area contributed by atoms with Crippen LogP contribution < -0.4 is 4.57 Å². The minimum Gasteiger partial charge on any atom is -0.205 e. The number of hydrogen-bond donors (Lipinski definition) is 0. The molecule has 1 nitrogen and oxygen atoms in total. The Morgan fingerprint density at radius 3 is 0.864 bits per heavy atom. The molecule has 44 heavy (non-hydrogen) atoms. The summed E-state index contributed by atoms with van der Waals surface area (Å²) < 4.78 is 2.56. The van der Waals surface area contributed by atoms with Crippen LogP contribution in [0.3, 0.4) is 0 Å². The molecule has 0 radical (unpaired) electrons. The number of aryl methyl sites for hydroxylation is 3. The predicted molar refractivity (Wildman–Crippen MR) is 199 cm³/mol. The number of unbranched alkanes of at least 4 members (excludes halogenated alkanes) is 29. The van der Waals surface area contributed by atoms with Gasteiger partial charge in [-0.2, -0.15) is 0 Å². The minimum atomic E-state index is 1.21. The Balaban J connectivity index is 2.26. The molecule has 1 aromatic rings. The topological polar surface area (TPSA) is 3.88 Å². The Morgan fingerprint density at radius 1 is 0.318 bits per heavy atom. The molecule has 0 atom stereocenters. The molecule has 0 aliphatic rings. The smallest absolute Gasteiger partial charge is 0.171 e. The van der Waals surface area contributed by atoms with Crippen LogP contribution in [0.25, 0.3) is 0 Å². The Hall–Kier alpha value is -0.850. The average Bonchev–Trinajstić information content (AvgIpc) is 3.03. The van der Waals surface area contributed by atoms with Crippen molar-refractivity contribution >= 4 is 0 Å². The normalized spacial score (nSPS) is 11.5. The monoisotopic (exact) mass is 613 g/mol. The molecule has 1 rings (SSSR count). The van der Waals surface area contributed by atoms with Crippen LogP contribution in [0.5, 0.6) is 0 Å². The Bertz CT molecular complexity index is 646. The largest absolute Gasteiger partial charge is 0.205 e. The van der Waals surface area contributed by atoms with Gasteiger partial charge in [0, 0.05) is 17.5 Å². The summed E-state index contributed by atoms with van der Waals surface area (Å²) in [4.78, 5) is 0. The van der Waals surface area contributed by atoms with Gasteiger partial charge in [-0.1, -0.05) is 201 Å². The zero-order valence-corrected chi connectivity index (χ0v) is 30.9. The van der Waals surface area contributed by atoms with E-state index in [0.29, 0.717) is 0 Å². The lowest BCUT2D eigenvalue weighted by atomic mass is 10.0. The molecule has 1 heterocycles. The molecule has 0 aromatic carbocycles. The minimum absolute atomic E-state index is 1.21. The van der Waals surface area contributed by atoms with Gasteiger partial charge in [0.1, 0.15) is 6.54 Å². The second kappa shape index (κ2) is 33.5. The van der Waals surface area contributed by atoms with Gasteiger partial charge in [-0.05, 0) is 38.2 Å². The molecule has 0 unspecified atom stereocenters. The van der Waals surface area contributed by atoms with Crippen molar-refractivity contribution in [1.82, 2.24) is 0 Å². The van der Waals surface area contributed by atoms with Crippen LogP contribution in [-0.4, -0.2) is 0 Å². The summed E-state index contributed by atoms with van der Waals surface area (Å²) in [6.45, 7) is 8.15. The van der Waals surface area contributed by atoms with Crippen molar-refractivity contribution in [2.24, 2.45) is 0 Å². The quantitative estimate of drug-likeness (QED) is 0.0530. The van der Waals surface area contributed by atoms with Crippen molar-refractivity contribution in [2.45, 2.75) is 246 Å². The molecule has 0 N–H and O–H groups in total. The van der Waals surface area contributed by atoms with Gasteiger partial charge in [0.05, 0.1) is 0 Å². The molecule has 0 saturated carbocycles. The zero-order chi connectivity index (χ0) is 31.6. The highest BCUT2D eigenvalue weighted by molar-refractivity contribution is 5.15. The summed E-state index contributed by atoms with van der Waals surface area (Å²) in [7, 11) is 0. The molecular weight excluding hydrogens is 530 g/mol. The van der Waals surface area contributed by atoms with Crippen molar-refractivity contribution in [2.75, 3.05) is 0 Å². The maximum Gasteiger partial charge on any atom is 0.171 e. The van der Waals surface area contributed by atoms with Crippen molar-refractivity contribution < 1.29 is 4.57 Å². The number of rotatable bonds is 35. The molecule has 0 aliphatic carbocycles. The van der Waals surface area contributed by atoms with E-state index in [1.807, 2.05) is 0 Å². The molecule has 0 fully saturated rings. The lowest BCUT2D eigenvalue weighted by Crippen LogP contribution is -2.34. The van der Waals surface area contributed by atoms with Crippen LogP contribution in [-0.2, 0) is 19.4 Å². The van der Waals surface area contributed by atoms with Gasteiger partial charge in [-0.3, -0.25) is 0 Å². The Labute approximate surface area is 279 Å². The third-order valence-electron chi connectivity index (χ3n) is 9.94. The third-order valence-corrected chi connectivity index (χ3v) is 9.94. The van der Waals surface area contributed by atoms with E-state index >= 15 is 0 Å². The van der Waals surface area contributed by atoms with E-state index < -0.39 is 0 Å². The summed E-state index contributed by atoms with van der Waals surface area (Å²) in [5.74, 6) is 0. The Kier molecular flexibility index (Phi) is 31.4. The maximum atomic E-state index is 2.57.